The lowest BCUT2D eigenvalue weighted by Gasteiger charge is -1.99. The fourth-order valence-corrected chi connectivity index (χ4v) is 1.79. The van der Waals surface area contributed by atoms with Crippen molar-refractivity contribution in [3.05, 3.63) is 0 Å². The molecule has 0 saturated carbocycles. The van der Waals surface area contributed by atoms with Crippen LogP contribution in [0.15, 0.2) is 0 Å². The average molecular weight is 204 g/mol. The predicted octanol–water partition coefficient (Wildman–Crippen LogP) is 1.11. The third-order valence-corrected chi connectivity index (χ3v) is 2.72. The summed E-state index contributed by atoms with van der Waals surface area (Å²) in [4.78, 5) is 11.1. The molecule has 13 heavy (non-hydrogen) atoms. The fraction of sp³-hybridized carbons (Fsp3) is 0.889. The van der Waals surface area contributed by atoms with Crippen LogP contribution in [0.2, 0.25) is 0 Å². The zero-order chi connectivity index (χ0) is 9.94. The van der Waals surface area contributed by atoms with E-state index in [0.29, 0.717) is 13.0 Å². The number of thioether (sulfide) groups is 1. The number of carbonyl (C=O) groups excluding carboxylic acids is 1. The van der Waals surface area contributed by atoms with E-state index in [0.717, 1.165) is 38.0 Å². The number of nitrogens with two attached hydrogens (primary N) is 2. The van der Waals surface area contributed by atoms with Crippen LogP contribution < -0.4 is 11.5 Å². The molecule has 0 unspecified atom stereocenters. The summed E-state index contributed by atoms with van der Waals surface area (Å²) in [7, 11) is 0. The standard InChI is InChI=1S/C9H20N2OS/c10-6-2-1-3-8-13-9(12)5-4-7-11/h1-8,10-11H2. The highest BCUT2D eigenvalue weighted by molar-refractivity contribution is 8.13. The van der Waals surface area contributed by atoms with Crippen LogP contribution in [-0.2, 0) is 4.79 Å². The van der Waals surface area contributed by atoms with E-state index >= 15 is 0 Å². The first-order valence-electron chi connectivity index (χ1n) is 4.87. The number of unbranched alkanes of at least 4 members (excludes halogenated alkanes) is 2. The van der Waals surface area contributed by atoms with E-state index in [4.69, 9.17) is 11.5 Å². The van der Waals surface area contributed by atoms with Gasteiger partial charge in [0.2, 0.25) is 0 Å². The quantitative estimate of drug-likeness (QED) is 0.581. The summed E-state index contributed by atoms with van der Waals surface area (Å²) in [6.07, 6.45) is 4.73. The van der Waals surface area contributed by atoms with Gasteiger partial charge < -0.3 is 11.5 Å². The molecule has 0 heterocycles. The van der Waals surface area contributed by atoms with Gasteiger partial charge in [0.1, 0.15) is 0 Å². The smallest absolute Gasteiger partial charge is 0.188 e. The summed E-state index contributed by atoms with van der Waals surface area (Å²) in [5, 5.41) is 0.276. The number of carbonyl (C=O) groups is 1. The van der Waals surface area contributed by atoms with Gasteiger partial charge in [-0.2, -0.15) is 0 Å². The summed E-state index contributed by atoms with van der Waals surface area (Å²) in [6.45, 7) is 1.37. The summed E-state index contributed by atoms with van der Waals surface area (Å²) in [5.41, 5.74) is 10.6. The Labute approximate surface area is 84.6 Å². The molecule has 78 valence electrons. The van der Waals surface area contributed by atoms with Crippen molar-refractivity contribution in [2.24, 2.45) is 11.5 Å². The van der Waals surface area contributed by atoms with Crippen molar-refractivity contribution < 1.29 is 4.79 Å². The van der Waals surface area contributed by atoms with Crippen molar-refractivity contribution in [3.63, 3.8) is 0 Å². The first-order valence-corrected chi connectivity index (χ1v) is 5.85. The van der Waals surface area contributed by atoms with E-state index in [2.05, 4.69) is 0 Å². The van der Waals surface area contributed by atoms with Gasteiger partial charge in [-0.1, -0.05) is 18.2 Å². The minimum atomic E-state index is 0.276. The van der Waals surface area contributed by atoms with E-state index in [1.807, 2.05) is 0 Å². The molecule has 0 atom stereocenters. The van der Waals surface area contributed by atoms with Gasteiger partial charge in [-0.25, -0.2) is 0 Å². The van der Waals surface area contributed by atoms with Crippen LogP contribution in [0.4, 0.5) is 0 Å². The van der Waals surface area contributed by atoms with Gasteiger partial charge in [0.05, 0.1) is 0 Å². The molecule has 0 aliphatic carbocycles. The van der Waals surface area contributed by atoms with Crippen molar-refractivity contribution >= 4 is 16.9 Å². The van der Waals surface area contributed by atoms with E-state index in [1.165, 1.54) is 11.8 Å². The summed E-state index contributed by atoms with van der Waals surface area (Å²) >= 11 is 1.43. The SMILES string of the molecule is NCCCCCSC(=O)CCCN. The molecule has 0 spiro atoms. The number of hydrogen-bond donors (Lipinski definition) is 2. The van der Waals surface area contributed by atoms with Crippen molar-refractivity contribution in [2.75, 3.05) is 18.8 Å². The Balaban J connectivity index is 3.08. The molecular weight excluding hydrogens is 184 g/mol. The molecule has 3 nitrogen and oxygen atoms in total. The van der Waals surface area contributed by atoms with E-state index in [9.17, 15) is 4.79 Å². The van der Waals surface area contributed by atoms with Crippen LogP contribution in [-0.4, -0.2) is 24.0 Å². The molecule has 0 saturated heterocycles. The zero-order valence-corrected chi connectivity index (χ0v) is 8.94. The van der Waals surface area contributed by atoms with E-state index < -0.39 is 0 Å². The van der Waals surface area contributed by atoms with Gasteiger partial charge in [0.15, 0.2) is 5.12 Å². The number of hydrogen-bond acceptors (Lipinski definition) is 4. The average Bonchev–Trinajstić information content (AvgIpc) is 2.14. The maximum atomic E-state index is 11.1. The Morgan fingerprint density at radius 1 is 1.00 bits per heavy atom. The van der Waals surface area contributed by atoms with Crippen LogP contribution in [0.25, 0.3) is 0 Å². The third kappa shape index (κ3) is 9.86. The Bertz CT molecular complexity index is 131. The maximum Gasteiger partial charge on any atom is 0.188 e. The van der Waals surface area contributed by atoms with Gasteiger partial charge >= 0.3 is 0 Å². The minimum Gasteiger partial charge on any atom is -0.330 e. The molecule has 4 heteroatoms. The zero-order valence-electron chi connectivity index (χ0n) is 8.13. The normalized spacial score (nSPS) is 10.3. The van der Waals surface area contributed by atoms with Crippen LogP contribution in [0.1, 0.15) is 32.1 Å². The van der Waals surface area contributed by atoms with Gasteiger partial charge in [-0.05, 0) is 32.4 Å². The molecule has 0 rings (SSSR count). The predicted molar refractivity (Wildman–Crippen MR) is 58.7 cm³/mol. The summed E-state index contributed by atoms with van der Waals surface area (Å²) in [6, 6.07) is 0. The van der Waals surface area contributed by atoms with Gasteiger partial charge in [-0.3, -0.25) is 4.79 Å². The first kappa shape index (κ1) is 12.9. The van der Waals surface area contributed by atoms with Crippen LogP contribution in [0.5, 0.6) is 0 Å². The molecule has 4 N–H and O–H groups in total. The lowest BCUT2D eigenvalue weighted by atomic mass is 10.2. The molecule has 0 radical (unpaired) electrons. The van der Waals surface area contributed by atoms with Crippen molar-refractivity contribution in [1.29, 1.82) is 0 Å². The second-order valence-corrected chi connectivity index (χ2v) is 4.11. The van der Waals surface area contributed by atoms with Crippen LogP contribution >= 0.6 is 11.8 Å². The lowest BCUT2D eigenvalue weighted by molar-refractivity contribution is -0.111. The molecule has 0 aromatic heterocycles. The van der Waals surface area contributed by atoms with Crippen LogP contribution in [0, 0.1) is 0 Å². The highest BCUT2D eigenvalue weighted by Crippen LogP contribution is 2.10. The fourth-order valence-electron chi connectivity index (χ4n) is 0.928. The minimum absolute atomic E-state index is 0.276. The Morgan fingerprint density at radius 2 is 1.69 bits per heavy atom. The second kappa shape index (κ2) is 10.0. The highest BCUT2D eigenvalue weighted by Gasteiger charge is 2.00. The molecule has 0 aromatic carbocycles. The van der Waals surface area contributed by atoms with Crippen molar-refractivity contribution in [2.45, 2.75) is 32.1 Å². The van der Waals surface area contributed by atoms with Gasteiger partial charge in [-0.15, -0.1) is 0 Å². The molecule has 0 aromatic rings. The topological polar surface area (TPSA) is 69.1 Å². The van der Waals surface area contributed by atoms with Crippen LogP contribution in [0.3, 0.4) is 0 Å². The Morgan fingerprint density at radius 3 is 2.31 bits per heavy atom. The molecule has 0 aliphatic rings. The van der Waals surface area contributed by atoms with Gasteiger partial charge in [0, 0.05) is 12.2 Å². The second-order valence-electron chi connectivity index (χ2n) is 2.96. The number of rotatable bonds is 8. The molecule has 0 amide bonds. The molecule has 0 aliphatic heterocycles. The summed E-state index contributed by atoms with van der Waals surface area (Å²) in [5.74, 6) is 0.934. The van der Waals surface area contributed by atoms with E-state index in [1.54, 1.807) is 0 Å². The molecule has 0 bridgehead atoms. The maximum absolute atomic E-state index is 11.1. The molecule has 0 fully saturated rings. The summed E-state index contributed by atoms with van der Waals surface area (Å²) < 4.78 is 0. The largest absolute Gasteiger partial charge is 0.330 e. The monoisotopic (exact) mass is 204 g/mol. The van der Waals surface area contributed by atoms with Gasteiger partial charge in [0.25, 0.3) is 0 Å². The molecular formula is C9H20N2OS. The highest BCUT2D eigenvalue weighted by atomic mass is 32.2. The Kier molecular flexibility index (Phi) is 9.98. The Hall–Kier alpha value is -0.0600. The lowest BCUT2D eigenvalue weighted by Crippen LogP contribution is -2.02. The van der Waals surface area contributed by atoms with Crippen molar-refractivity contribution in [3.8, 4) is 0 Å². The van der Waals surface area contributed by atoms with E-state index in [-0.39, 0.29) is 5.12 Å². The first-order chi connectivity index (χ1) is 6.31. The van der Waals surface area contributed by atoms with Crippen molar-refractivity contribution in [1.82, 2.24) is 0 Å². The third-order valence-electron chi connectivity index (χ3n) is 1.70.